The van der Waals surface area contributed by atoms with Crippen molar-refractivity contribution in [1.29, 1.82) is 0 Å². The van der Waals surface area contributed by atoms with Crippen molar-refractivity contribution in [3.8, 4) is 11.5 Å². The molecule has 2 bridgehead atoms. The van der Waals surface area contributed by atoms with E-state index in [1.807, 2.05) is 0 Å². The molecule has 2 atom stereocenters. The zero-order chi connectivity index (χ0) is 19.7. The minimum atomic E-state index is -0.987. The number of fused-ring (bicyclic) bond motifs is 5. The van der Waals surface area contributed by atoms with Gasteiger partial charge in [-0.1, -0.05) is 0 Å². The van der Waals surface area contributed by atoms with Gasteiger partial charge < -0.3 is 14.2 Å². The van der Waals surface area contributed by atoms with Gasteiger partial charge in [0.05, 0.1) is 14.2 Å². The van der Waals surface area contributed by atoms with Gasteiger partial charge in [0.1, 0.15) is 17.5 Å². The Hall–Kier alpha value is -3.06. The fourth-order valence-electron chi connectivity index (χ4n) is 3.70. The summed E-state index contributed by atoms with van der Waals surface area (Å²) in [7, 11) is 3.17. The highest BCUT2D eigenvalue weighted by Gasteiger charge is 2.49. The van der Waals surface area contributed by atoms with Crippen molar-refractivity contribution in [1.82, 2.24) is 0 Å². The van der Waals surface area contributed by atoms with Crippen molar-refractivity contribution >= 4 is 23.2 Å². The molecule has 3 aliphatic rings. The van der Waals surface area contributed by atoms with Crippen LogP contribution in [0.5, 0.6) is 11.5 Å². The van der Waals surface area contributed by atoms with Crippen LogP contribution in [0.4, 0.5) is 11.4 Å². The molecule has 1 unspecified atom stereocenters. The zero-order valence-corrected chi connectivity index (χ0v) is 15.8. The smallest absolute Gasteiger partial charge is 0.278 e. The largest absolute Gasteiger partial charge is 0.497 e. The second-order valence-electron chi connectivity index (χ2n) is 6.69. The van der Waals surface area contributed by atoms with E-state index in [0.29, 0.717) is 42.3 Å². The Balaban J connectivity index is 1.72. The van der Waals surface area contributed by atoms with Crippen LogP contribution in [-0.2, 0) is 14.3 Å². The molecule has 0 N–H and O–H groups in total. The number of benzene rings is 2. The molecule has 2 aromatic carbocycles. The number of hydrogen-bond acceptors (Lipinski definition) is 5. The van der Waals surface area contributed by atoms with Crippen molar-refractivity contribution in [3.63, 3.8) is 0 Å². The number of methoxy groups -OCH3 is 2. The van der Waals surface area contributed by atoms with Crippen LogP contribution in [0.15, 0.2) is 48.5 Å². The van der Waals surface area contributed by atoms with Crippen LogP contribution < -0.4 is 19.3 Å². The normalized spacial score (nSPS) is 22.1. The Morgan fingerprint density at radius 2 is 1.36 bits per heavy atom. The molecule has 0 aromatic heterocycles. The monoisotopic (exact) mass is 382 g/mol. The lowest BCUT2D eigenvalue weighted by Gasteiger charge is -2.46. The fraction of sp³-hybridized carbons (Fsp3) is 0.333. The van der Waals surface area contributed by atoms with E-state index in [9.17, 15) is 9.59 Å². The number of hydrogen-bond donors (Lipinski definition) is 0. The van der Waals surface area contributed by atoms with Gasteiger partial charge in [-0.05, 0) is 61.4 Å². The van der Waals surface area contributed by atoms with Gasteiger partial charge in [-0.25, -0.2) is 0 Å². The second kappa shape index (κ2) is 7.52. The van der Waals surface area contributed by atoms with E-state index in [1.54, 1.807) is 67.7 Å². The number of ether oxygens (including phenoxy) is 3. The van der Waals surface area contributed by atoms with Crippen molar-refractivity contribution in [3.05, 3.63) is 48.5 Å². The average Bonchev–Trinajstić information content (AvgIpc) is 2.72. The summed E-state index contributed by atoms with van der Waals surface area (Å²) >= 11 is 0. The van der Waals surface area contributed by atoms with E-state index in [-0.39, 0.29) is 11.8 Å². The molecule has 0 saturated carbocycles. The first-order valence-corrected chi connectivity index (χ1v) is 9.20. The van der Waals surface area contributed by atoms with Gasteiger partial charge >= 0.3 is 0 Å². The van der Waals surface area contributed by atoms with Crippen LogP contribution in [0.2, 0.25) is 0 Å². The number of carbonyl (C=O) groups is 2. The Morgan fingerprint density at radius 3 is 1.89 bits per heavy atom. The predicted octanol–water partition coefficient (Wildman–Crippen LogP) is 2.59. The maximum atomic E-state index is 13.4. The zero-order valence-electron chi connectivity index (χ0n) is 15.8. The molecular weight excluding hydrogens is 360 g/mol. The van der Waals surface area contributed by atoms with Crippen LogP contribution in [-0.4, -0.2) is 44.9 Å². The van der Waals surface area contributed by atoms with E-state index < -0.39 is 12.3 Å². The molecular formula is C21H22N2O5. The highest BCUT2D eigenvalue weighted by molar-refractivity contribution is 6.15. The van der Waals surface area contributed by atoms with Crippen molar-refractivity contribution in [2.75, 3.05) is 30.6 Å². The third-order valence-electron chi connectivity index (χ3n) is 5.12. The van der Waals surface area contributed by atoms with E-state index in [2.05, 4.69) is 0 Å². The lowest BCUT2D eigenvalue weighted by molar-refractivity contribution is -0.143. The fourth-order valence-corrected chi connectivity index (χ4v) is 3.70. The van der Waals surface area contributed by atoms with E-state index in [1.165, 1.54) is 4.90 Å². The number of carbonyl (C=O) groups excluding carboxylic acids is 2. The van der Waals surface area contributed by atoms with Gasteiger partial charge in [0.15, 0.2) is 0 Å². The second-order valence-corrected chi connectivity index (χ2v) is 6.69. The number of amides is 2. The molecule has 5 rings (SSSR count). The molecule has 0 spiro atoms. The molecule has 2 aromatic rings. The molecule has 3 saturated heterocycles. The first-order chi connectivity index (χ1) is 13.6. The molecule has 7 heteroatoms. The molecule has 3 fully saturated rings. The van der Waals surface area contributed by atoms with Gasteiger partial charge in [-0.15, -0.1) is 0 Å². The Kier molecular flexibility index (Phi) is 4.92. The maximum absolute atomic E-state index is 13.4. The minimum Gasteiger partial charge on any atom is -0.497 e. The first kappa shape index (κ1) is 18.3. The van der Waals surface area contributed by atoms with Gasteiger partial charge in [-0.3, -0.25) is 19.4 Å². The molecule has 146 valence electrons. The number of rotatable bonds is 4. The summed E-state index contributed by atoms with van der Waals surface area (Å²) in [6.07, 6.45) is 0.263. The summed E-state index contributed by atoms with van der Waals surface area (Å²) in [6.45, 7) is 0.434. The molecule has 2 amide bonds. The van der Waals surface area contributed by atoms with Crippen LogP contribution in [0, 0.1) is 0 Å². The summed E-state index contributed by atoms with van der Waals surface area (Å²) in [6, 6.07) is 13.6. The lowest BCUT2D eigenvalue weighted by Crippen LogP contribution is -2.67. The molecule has 28 heavy (non-hydrogen) atoms. The number of nitrogens with zero attached hydrogens (tertiary/aromatic N) is 2. The van der Waals surface area contributed by atoms with Crippen LogP contribution in [0.1, 0.15) is 12.8 Å². The summed E-state index contributed by atoms with van der Waals surface area (Å²) in [4.78, 5) is 29.7. The first-order valence-electron chi connectivity index (χ1n) is 9.20. The summed E-state index contributed by atoms with van der Waals surface area (Å²) < 4.78 is 16.2. The quantitative estimate of drug-likeness (QED) is 0.813. The van der Waals surface area contributed by atoms with Crippen molar-refractivity contribution < 1.29 is 23.8 Å². The third kappa shape index (κ3) is 3.07. The molecule has 3 aliphatic heterocycles. The standard InChI is InChI=1S/C21H22N2O5/c1-26-16-9-5-14(6-10-16)22-18-4-3-13-28-21(20(22)25)23(19(18)24)15-7-11-17(27-2)12-8-15/h5-12,18,21H,3-4,13H2,1-2H3/t18-,21?/m0/s1. The number of piperazine rings is 1. The number of anilines is 2. The minimum absolute atomic E-state index is 0.148. The van der Waals surface area contributed by atoms with E-state index >= 15 is 0 Å². The summed E-state index contributed by atoms with van der Waals surface area (Å²) in [5, 5.41) is 0. The third-order valence-corrected chi connectivity index (χ3v) is 5.12. The van der Waals surface area contributed by atoms with Crippen molar-refractivity contribution in [2.24, 2.45) is 0 Å². The van der Waals surface area contributed by atoms with E-state index in [0.717, 1.165) is 0 Å². The average molecular weight is 382 g/mol. The topological polar surface area (TPSA) is 68.3 Å². The Labute approximate surface area is 163 Å². The molecule has 0 radical (unpaired) electrons. The van der Waals surface area contributed by atoms with Gasteiger partial charge in [0.25, 0.3) is 11.8 Å². The highest BCUT2D eigenvalue weighted by Crippen LogP contribution is 2.34. The van der Waals surface area contributed by atoms with Crippen molar-refractivity contribution in [2.45, 2.75) is 25.1 Å². The van der Waals surface area contributed by atoms with Gasteiger partial charge in [0, 0.05) is 18.0 Å². The Morgan fingerprint density at radius 1 is 0.821 bits per heavy atom. The lowest BCUT2D eigenvalue weighted by atomic mass is 10.0. The van der Waals surface area contributed by atoms with Crippen LogP contribution in [0.25, 0.3) is 0 Å². The molecule has 7 nitrogen and oxygen atoms in total. The van der Waals surface area contributed by atoms with Crippen LogP contribution in [0.3, 0.4) is 0 Å². The highest BCUT2D eigenvalue weighted by atomic mass is 16.5. The van der Waals surface area contributed by atoms with Gasteiger partial charge in [-0.2, -0.15) is 0 Å². The molecule has 0 aliphatic carbocycles. The SMILES string of the molecule is COc1ccc(N2C(=O)[C@@H]3CCCOC2C(=O)N3c2ccc(OC)cc2)cc1. The van der Waals surface area contributed by atoms with E-state index in [4.69, 9.17) is 14.2 Å². The molecule has 3 heterocycles. The predicted molar refractivity (Wildman–Crippen MR) is 104 cm³/mol. The Bertz CT molecular complexity index is 792. The summed E-state index contributed by atoms with van der Waals surface area (Å²) in [5.41, 5.74) is 1.28. The van der Waals surface area contributed by atoms with Gasteiger partial charge in [0.2, 0.25) is 6.23 Å². The summed E-state index contributed by atoms with van der Waals surface area (Å²) in [5.74, 6) is 0.979. The maximum Gasteiger partial charge on any atom is 0.278 e. The van der Waals surface area contributed by atoms with Crippen LogP contribution >= 0.6 is 0 Å².